The highest BCUT2D eigenvalue weighted by Gasteiger charge is 2.20. The number of carbonyl (C=O) groups is 1. The molecule has 1 fully saturated rings. The van der Waals surface area contributed by atoms with Gasteiger partial charge in [-0.05, 0) is 24.1 Å². The summed E-state index contributed by atoms with van der Waals surface area (Å²) in [6.07, 6.45) is 0.943. The fourth-order valence-electron chi connectivity index (χ4n) is 3.31. The van der Waals surface area contributed by atoms with Crippen molar-refractivity contribution in [2.24, 2.45) is 0 Å². The van der Waals surface area contributed by atoms with Crippen molar-refractivity contribution in [3.8, 4) is 17.6 Å². The van der Waals surface area contributed by atoms with Gasteiger partial charge in [0.05, 0.1) is 18.7 Å². The normalized spacial score (nSPS) is 14.8. The summed E-state index contributed by atoms with van der Waals surface area (Å²) in [7, 11) is 1.52. The molecule has 0 radical (unpaired) electrons. The van der Waals surface area contributed by atoms with E-state index < -0.39 is 0 Å². The van der Waals surface area contributed by atoms with Crippen molar-refractivity contribution in [1.29, 1.82) is 5.26 Å². The number of rotatable bonds is 6. The van der Waals surface area contributed by atoms with Crippen LogP contribution in [-0.4, -0.2) is 55.6 Å². The van der Waals surface area contributed by atoms with Crippen molar-refractivity contribution in [3.63, 3.8) is 0 Å². The van der Waals surface area contributed by atoms with Crippen LogP contribution in [0.1, 0.15) is 17.5 Å². The first-order chi connectivity index (χ1) is 13.7. The minimum atomic E-state index is -0.0407. The Kier molecular flexibility index (Phi) is 6.88. The van der Waals surface area contributed by atoms with Crippen LogP contribution in [0.4, 0.5) is 0 Å². The fourth-order valence-corrected chi connectivity index (χ4v) is 3.31. The van der Waals surface area contributed by atoms with Gasteiger partial charge in [-0.2, -0.15) is 5.26 Å². The van der Waals surface area contributed by atoms with Crippen LogP contribution in [0.15, 0.2) is 48.5 Å². The quantitative estimate of drug-likeness (QED) is 0.772. The Bertz CT molecular complexity index is 833. The topological polar surface area (TPSA) is 65.8 Å². The summed E-state index contributed by atoms with van der Waals surface area (Å²) in [5.41, 5.74) is 1.78. The molecule has 0 aliphatic carbocycles. The number of methoxy groups -OCH3 is 1. The Morgan fingerprint density at radius 1 is 1.07 bits per heavy atom. The SMILES string of the molecule is COc1cc(C#N)ccc1OCC(=O)N1CCCN(Cc2ccccc2)CC1. The van der Waals surface area contributed by atoms with Crippen LogP contribution in [0.2, 0.25) is 0 Å². The van der Waals surface area contributed by atoms with E-state index in [2.05, 4.69) is 35.2 Å². The average molecular weight is 379 g/mol. The Hall–Kier alpha value is -3.04. The molecule has 1 heterocycles. The second-order valence-corrected chi connectivity index (χ2v) is 6.76. The highest BCUT2D eigenvalue weighted by atomic mass is 16.5. The summed E-state index contributed by atoms with van der Waals surface area (Å²) >= 11 is 0. The largest absolute Gasteiger partial charge is 0.493 e. The Balaban J connectivity index is 1.52. The van der Waals surface area contributed by atoms with Crippen LogP contribution >= 0.6 is 0 Å². The standard InChI is InChI=1S/C22H25N3O3/c1-27-21-14-19(15-23)8-9-20(21)28-17-22(26)25-11-5-10-24(12-13-25)16-18-6-3-2-4-7-18/h2-4,6-9,14H,5,10-13,16-17H2,1H3. The molecule has 3 rings (SSSR count). The van der Waals surface area contributed by atoms with Gasteiger partial charge in [-0.15, -0.1) is 0 Å². The first-order valence-corrected chi connectivity index (χ1v) is 9.44. The summed E-state index contributed by atoms with van der Waals surface area (Å²) in [6.45, 7) is 4.12. The Morgan fingerprint density at radius 2 is 1.89 bits per heavy atom. The van der Waals surface area contributed by atoms with Crippen molar-refractivity contribution in [2.75, 3.05) is 39.9 Å². The fraction of sp³-hybridized carbons (Fsp3) is 0.364. The van der Waals surface area contributed by atoms with Crippen LogP contribution in [0, 0.1) is 11.3 Å². The molecule has 1 amide bonds. The van der Waals surface area contributed by atoms with Crippen molar-refractivity contribution >= 4 is 5.91 Å². The molecule has 0 N–H and O–H groups in total. The summed E-state index contributed by atoms with van der Waals surface area (Å²) in [5.74, 6) is 0.889. The molecule has 0 atom stereocenters. The number of hydrogen-bond acceptors (Lipinski definition) is 5. The molecule has 2 aromatic rings. The van der Waals surface area contributed by atoms with Gasteiger partial charge in [0.25, 0.3) is 5.91 Å². The summed E-state index contributed by atoms with van der Waals surface area (Å²) in [5, 5.41) is 8.97. The molecule has 1 aliphatic rings. The number of nitrogens with zero attached hydrogens (tertiary/aromatic N) is 3. The number of hydrogen-bond donors (Lipinski definition) is 0. The van der Waals surface area contributed by atoms with Gasteiger partial charge in [-0.1, -0.05) is 30.3 Å². The lowest BCUT2D eigenvalue weighted by molar-refractivity contribution is -0.133. The van der Waals surface area contributed by atoms with Crippen molar-refractivity contribution in [1.82, 2.24) is 9.80 Å². The summed E-state index contributed by atoms with van der Waals surface area (Å²) < 4.78 is 10.9. The van der Waals surface area contributed by atoms with E-state index in [1.165, 1.54) is 12.7 Å². The van der Waals surface area contributed by atoms with Crippen molar-refractivity contribution in [2.45, 2.75) is 13.0 Å². The maximum atomic E-state index is 12.6. The first-order valence-electron chi connectivity index (χ1n) is 9.44. The average Bonchev–Trinajstić information content (AvgIpc) is 2.98. The lowest BCUT2D eigenvalue weighted by Crippen LogP contribution is -2.38. The van der Waals surface area contributed by atoms with E-state index in [0.29, 0.717) is 23.6 Å². The monoisotopic (exact) mass is 379 g/mol. The molecule has 0 unspecified atom stereocenters. The van der Waals surface area contributed by atoms with Crippen LogP contribution < -0.4 is 9.47 Å². The van der Waals surface area contributed by atoms with Gasteiger partial charge >= 0.3 is 0 Å². The van der Waals surface area contributed by atoms with E-state index in [1.54, 1.807) is 18.2 Å². The smallest absolute Gasteiger partial charge is 0.260 e. The number of nitriles is 1. The van der Waals surface area contributed by atoms with Crippen LogP contribution in [0.5, 0.6) is 11.5 Å². The molecular weight excluding hydrogens is 354 g/mol. The van der Waals surface area contributed by atoms with Gasteiger partial charge in [-0.3, -0.25) is 9.69 Å². The minimum absolute atomic E-state index is 0.0343. The van der Waals surface area contributed by atoms with Gasteiger partial charge in [0.15, 0.2) is 18.1 Å². The second-order valence-electron chi connectivity index (χ2n) is 6.76. The van der Waals surface area contributed by atoms with Crippen molar-refractivity contribution < 1.29 is 14.3 Å². The molecule has 1 aliphatic heterocycles. The lowest BCUT2D eigenvalue weighted by Gasteiger charge is -2.22. The third-order valence-electron chi connectivity index (χ3n) is 4.83. The number of benzene rings is 2. The molecule has 28 heavy (non-hydrogen) atoms. The third-order valence-corrected chi connectivity index (χ3v) is 4.83. The van der Waals surface area contributed by atoms with E-state index in [1.807, 2.05) is 11.0 Å². The maximum absolute atomic E-state index is 12.6. The van der Waals surface area contributed by atoms with E-state index in [0.717, 1.165) is 32.6 Å². The zero-order chi connectivity index (χ0) is 19.8. The van der Waals surface area contributed by atoms with E-state index >= 15 is 0 Å². The second kappa shape index (κ2) is 9.77. The lowest BCUT2D eigenvalue weighted by atomic mass is 10.2. The van der Waals surface area contributed by atoms with Gasteiger partial charge in [0.2, 0.25) is 0 Å². The van der Waals surface area contributed by atoms with Crippen LogP contribution in [0.3, 0.4) is 0 Å². The predicted molar refractivity (Wildman–Crippen MR) is 106 cm³/mol. The summed E-state index contributed by atoms with van der Waals surface area (Å²) in [6, 6.07) is 17.4. The third kappa shape index (κ3) is 5.24. The molecule has 1 saturated heterocycles. The molecular formula is C22H25N3O3. The highest BCUT2D eigenvalue weighted by molar-refractivity contribution is 5.78. The van der Waals surface area contributed by atoms with Gasteiger partial charge in [-0.25, -0.2) is 0 Å². The first kappa shape index (κ1) is 19.7. The zero-order valence-electron chi connectivity index (χ0n) is 16.1. The highest BCUT2D eigenvalue weighted by Crippen LogP contribution is 2.27. The van der Waals surface area contributed by atoms with Gasteiger partial charge in [0.1, 0.15) is 0 Å². The zero-order valence-corrected chi connectivity index (χ0v) is 16.1. The summed E-state index contributed by atoms with van der Waals surface area (Å²) in [4.78, 5) is 16.8. The van der Waals surface area contributed by atoms with E-state index in [4.69, 9.17) is 14.7 Å². The molecule has 0 saturated carbocycles. The molecule has 6 nitrogen and oxygen atoms in total. The maximum Gasteiger partial charge on any atom is 0.260 e. The van der Waals surface area contributed by atoms with E-state index in [-0.39, 0.29) is 12.5 Å². The van der Waals surface area contributed by atoms with Gasteiger partial charge < -0.3 is 14.4 Å². The van der Waals surface area contributed by atoms with Gasteiger partial charge in [0, 0.05) is 38.8 Å². The van der Waals surface area contributed by atoms with Crippen LogP contribution in [0.25, 0.3) is 0 Å². The number of amides is 1. The van der Waals surface area contributed by atoms with Crippen molar-refractivity contribution in [3.05, 3.63) is 59.7 Å². The minimum Gasteiger partial charge on any atom is -0.493 e. The van der Waals surface area contributed by atoms with Crippen LogP contribution in [-0.2, 0) is 11.3 Å². The van der Waals surface area contributed by atoms with E-state index in [9.17, 15) is 4.79 Å². The number of ether oxygens (including phenoxy) is 2. The molecule has 6 heteroatoms. The molecule has 146 valence electrons. The molecule has 0 aromatic heterocycles. The molecule has 0 spiro atoms. The number of carbonyl (C=O) groups excluding carboxylic acids is 1. The Morgan fingerprint density at radius 3 is 2.64 bits per heavy atom. The predicted octanol–water partition coefficient (Wildman–Crippen LogP) is 2.68. The molecule has 2 aromatic carbocycles. The Labute approximate surface area is 165 Å². The molecule has 0 bridgehead atoms.